The standard InChI is InChI=1S/C19H16F3N3O2S/c20-19(21,22)18-23-17(24-27-18)14-8-10-15(11-9-14)25-28(26,12-13-6-7-13)16-4-2-1-3-5-16/h1-5,8-11,13H,6-7,12H2. The fraction of sp³-hybridized carbons (Fsp3) is 0.263. The van der Waals surface area contributed by atoms with Crippen LogP contribution < -0.4 is 0 Å². The molecule has 0 bridgehead atoms. The van der Waals surface area contributed by atoms with E-state index in [-0.39, 0.29) is 5.82 Å². The van der Waals surface area contributed by atoms with Crippen molar-refractivity contribution in [3.8, 4) is 11.4 Å². The number of aromatic nitrogens is 2. The summed E-state index contributed by atoms with van der Waals surface area (Å²) in [5, 5.41) is 3.36. The number of rotatable bonds is 5. The molecule has 0 saturated heterocycles. The fourth-order valence-electron chi connectivity index (χ4n) is 2.72. The van der Waals surface area contributed by atoms with Gasteiger partial charge in [-0.05, 0) is 55.2 Å². The van der Waals surface area contributed by atoms with Gasteiger partial charge >= 0.3 is 12.1 Å². The minimum absolute atomic E-state index is 0.166. The Morgan fingerprint density at radius 3 is 2.32 bits per heavy atom. The number of halogens is 3. The van der Waals surface area contributed by atoms with Crippen molar-refractivity contribution in [2.75, 3.05) is 5.75 Å². The zero-order valence-electron chi connectivity index (χ0n) is 14.6. The van der Waals surface area contributed by atoms with Gasteiger partial charge in [-0.1, -0.05) is 23.4 Å². The molecule has 3 aromatic rings. The highest BCUT2D eigenvalue weighted by Crippen LogP contribution is 2.35. The summed E-state index contributed by atoms with van der Waals surface area (Å²) in [4.78, 5) is 4.04. The summed E-state index contributed by atoms with van der Waals surface area (Å²) in [5.41, 5.74) is 0.837. The topological polar surface area (TPSA) is 68.3 Å². The van der Waals surface area contributed by atoms with Crippen molar-refractivity contribution in [1.29, 1.82) is 0 Å². The van der Waals surface area contributed by atoms with Gasteiger partial charge in [-0.15, -0.1) is 0 Å². The van der Waals surface area contributed by atoms with E-state index in [4.69, 9.17) is 0 Å². The molecule has 2 aromatic carbocycles. The minimum Gasteiger partial charge on any atom is -0.329 e. The average molecular weight is 407 g/mol. The Balaban J connectivity index is 1.65. The van der Waals surface area contributed by atoms with Gasteiger partial charge in [0.1, 0.15) is 0 Å². The molecule has 1 aromatic heterocycles. The van der Waals surface area contributed by atoms with E-state index in [9.17, 15) is 17.4 Å². The average Bonchev–Trinajstić information content (AvgIpc) is 3.32. The van der Waals surface area contributed by atoms with Crippen LogP contribution in [0.5, 0.6) is 0 Å². The van der Waals surface area contributed by atoms with Crippen LogP contribution in [0.3, 0.4) is 0 Å². The van der Waals surface area contributed by atoms with E-state index in [1.807, 2.05) is 18.2 Å². The maximum atomic E-state index is 13.5. The van der Waals surface area contributed by atoms with Gasteiger partial charge in [-0.25, -0.2) is 4.21 Å². The lowest BCUT2D eigenvalue weighted by molar-refractivity contribution is -0.159. The Bertz CT molecular complexity index is 1080. The summed E-state index contributed by atoms with van der Waals surface area (Å²) >= 11 is 0. The molecule has 9 heteroatoms. The molecule has 5 nitrogen and oxygen atoms in total. The van der Waals surface area contributed by atoms with E-state index in [1.165, 1.54) is 12.1 Å². The highest BCUT2D eigenvalue weighted by molar-refractivity contribution is 7.93. The van der Waals surface area contributed by atoms with E-state index in [0.717, 1.165) is 12.8 Å². The van der Waals surface area contributed by atoms with Gasteiger partial charge in [0.25, 0.3) is 0 Å². The van der Waals surface area contributed by atoms with Crippen molar-refractivity contribution in [3.63, 3.8) is 0 Å². The Kier molecular flexibility index (Phi) is 4.70. The van der Waals surface area contributed by atoms with Crippen LogP contribution >= 0.6 is 0 Å². The number of nitrogens with zero attached hydrogens (tertiary/aromatic N) is 3. The van der Waals surface area contributed by atoms with Gasteiger partial charge in [-0.3, -0.25) is 0 Å². The Labute approximate surface area is 159 Å². The van der Waals surface area contributed by atoms with Gasteiger partial charge in [0, 0.05) is 16.2 Å². The zero-order chi connectivity index (χ0) is 19.8. The largest absolute Gasteiger partial charge is 0.471 e. The second kappa shape index (κ2) is 7.05. The molecular weight excluding hydrogens is 391 g/mol. The first-order chi connectivity index (χ1) is 13.3. The van der Waals surface area contributed by atoms with Crippen LogP contribution in [-0.4, -0.2) is 20.1 Å². The van der Waals surface area contributed by atoms with Gasteiger partial charge < -0.3 is 4.52 Å². The molecule has 1 aliphatic rings. The third kappa shape index (κ3) is 4.09. The van der Waals surface area contributed by atoms with Crippen molar-refractivity contribution in [2.24, 2.45) is 10.3 Å². The van der Waals surface area contributed by atoms with Crippen LogP contribution in [0, 0.1) is 5.92 Å². The van der Waals surface area contributed by atoms with E-state index < -0.39 is 21.8 Å². The van der Waals surface area contributed by atoms with Crippen molar-refractivity contribution in [1.82, 2.24) is 10.1 Å². The Morgan fingerprint density at radius 1 is 1.07 bits per heavy atom. The number of hydrogen-bond donors (Lipinski definition) is 0. The molecule has 1 unspecified atom stereocenters. The van der Waals surface area contributed by atoms with E-state index in [1.54, 1.807) is 24.3 Å². The van der Waals surface area contributed by atoms with E-state index in [0.29, 0.717) is 27.8 Å². The van der Waals surface area contributed by atoms with Crippen LogP contribution in [0.2, 0.25) is 0 Å². The van der Waals surface area contributed by atoms with Crippen molar-refractivity contribution < 1.29 is 21.9 Å². The predicted molar refractivity (Wildman–Crippen MR) is 97.3 cm³/mol. The minimum atomic E-state index is -4.69. The SMILES string of the molecule is O=S(CC1CC1)(=Nc1ccc(-c2noc(C(F)(F)F)n2)cc1)c1ccccc1. The molecule has 1 atom stereocenters. The third-order valence-corrected chi connectivity index (χ3v) is 6.75. The lowest BCUT2D eigenvalue weighted by atomic mass is 10.2. The Hall–Kier alpha value is -2.68. The van der Waals surface area contributed by atoms with Gasteiger partial charge in [0.2, 0.25) is 5.82 Å². The summed E-state index contributed by atoms with van der Waals surface area (Å²) in [6, 6.07) is 15.4. The first kappa shape index (κ1) is 18.7. The smallest absolute Gasteiger partial charge is 0.329 e. The highest BCUT2D eigenvalue weighted by atomic mass is 32.2. The molecule has 146 valence electrons. The van der Waals surface area contributed by atoms with Crippen LogP contribution in [0.1, 0.15) is 18.7 Å². The molecular formula is C19H16F3N3O2S. The van der Waals surface area contributed by atoms with Gasteiger partial charge in [0.15, 0.2) is 0 Å². The molecule has 1 heterocycles. The zero-order valence-corrected chi connectivity index (χ0v) is 15.4. The third-order valence-electron chi connectivity index (χ3n) is 4.32. The summed E-state index contributed by atoms with van der Waals surface area (Å²) in [5.74, 6) is -0.650. The monoisotopic (exact) mass is 407 g/mol. The maximum Gasteiger partial charge on any atom is 0.471 e. The molecule has 0 N–H and O–H groups in total. The first-order valence-corrected chi connectivity index (χ1v) is 10.3. The number of alkyl halides is 3. The Morgan fingerprint density at radius 2 is 1.75 bits per heavy atom. The molecule has 1 aliphatic carbocycles. The molecule has 4 rings (SSSR count). The van der Waals surface area contributed by atoms with Crippen LogP contribution in [0.15, 0.2) is 68.4 Å². The van der Waals surface area contributed by atoms with Crippen LogP contribution in [0.25, 0.3) is 11.4 Å². The molecule has 0 aliphatic heterocycles. The predicted octanol–water partition coefficient (Wildman–Crippen LogP) is 5.32. The number of hydrogen-bond acceptors (Lipinski definition) is 5. The maximum absolute atomic E-state index is 13.5. The molecule has 1 saturated carbocycles. The van der Waals surface area contributed by atoms with Crippen molar-refractivity contribution in [2.45, 2.75) is 23.9 Å². The molecule has 0 radical (unpaired) electrons. The van der Waals surface area contributed by atoms with Crippen molar-refractivity contribution in [3.05, 3.63) is 60.5 Å². The number of benzene rings is 2. The van der Waals surface area contributed by atoms with Crippen LogP contribution in [0.4, 0.5) is 18.9 Å². The molecule has 28 heavy (non-hydrogen) atoms. The van der Waals surface area contributed by atoms with Gasteiger partial charge in [-0.2, -0.15) is 22.5 Å². The second-order valence-corrected chi connectivity index (χ2v) is 8.89. The van der Waals surface area contributed by atoms with Crippen LogP contribution in [-0.2, 0) is 15.9 Å². The van der Waals surface area contributed by atoms with Gasteiger partial charge in [0.05, 0.1) is 15.4 Å². The summed E-state index contributed by atoms with van der Waals surface area (Å²) in [6.07, 6.45) is -2.58. The highest BCUT2D eigenvalue weighted by Gasteiger charge is 2.38. The quantitative estimate of drug-likeness (QED) is 0.574. The molecule has 1 fully saturated rings. The van der Waals surface area contributed by atoms with E-state index >= 15 is 0 Å². The van der Waals surface area contributed by atoms with Crippen molar-refractivity contribution >= 4 is 15.4 Å². The fourth-order valence-corrected chi connectivity index (χ4v) is 5.11. The van der Waals surface area contributed by atoms with E-state index in [2.05, 4.69) is 19.0 Å². The summed E-state index contributed by atoms with van der Waals surface area (Å²) < 4.78 is 60.1. The lowest BCUT2D eigenvalue weighted by Gasteiger charge is -2.10. The first-order valence-electron chi connectivity index (χ1n) is 8.65. The summed E-state index contributed by atoms with van der Waals surface area (Å²) in [6.45, 7) is 0. The summed E-state index contributed by atoms with van der Waals surface area (Å²) in [7, 11) is -2.62. The lowest BCUT2D eigenvalue weighted by Crippen LogP contribution is -2.08. The normalized spacial score (nSPS) is 16.5. The molecule has 0 spiro atoms. The molecule has 0 amide bonds. The second-order valence-electron chi connectivity index (χ2n) is 6.62.